The summed E-state index contributed by atoms with van der Waals surface area (Å²) < 4.78 is 0. The molecule has 0 aliphatic carbocycles. The lowest BCUT2D eigenvalue weighted by atomic mass is 9.88. The van der Waals surface area contributed by atoms with E-state index in [2.05, 4.69) is 19.7 Å². The minimum absolute atomic E-state index is 0.125. The van der Waals surface area contributed by atoms with Gasteiger partial charge in [0.15, 0.2) is 0 Å². The second kappa shape index (κ2) is 25.5. The maximum Gasteiger partial charge on any atom is 0.330 e. The topological polar surface area (TPSA) is 213 Å². The van der Waals surface area contributed by atoms with Gasteiger partial charge in [0.05, 0.1) is 33.0 Å². The van der Waals surface area contributed by atoms with Crippen molar-refractivity contribution >= 4 is 17.9 Å². The van der Waals surface area contributed by atoms with Crippen LogP contribution in [0, 0.1) is 5.41 Å². The van der Waals surface area contributed by atoms with Gasteiger partial charge >= 0.3 is 17.9 Å². The molecule has 0 rings (SSSR count). The minimum Gasteiger partial charge on any atom is -0.478 e. The molecule has 8 N–H and O–H groups in total. The van der Waals surface area contributed by atoms with Crippen molar-refractivity contribution in [1.82, 2.24) is 0 Å². The first-order chi connectivity index (χ1) is 14.1. The third-order valence-electron chi connectivity index (χ3n) is 2.95. The van der Waals surface area contributed by atoms with Gasteiger partial charge in [-0.1, -0.05) is 26.7 Å². The monoisotopic (exact) mass is 454 g/mol. The van der Waals surface area contributed by atoms with Crippen molar-refractivity contribution in [1.29, 1.82) is 0 Å². The summed E-state index contributed by atoms with van der Waals surface area (Å²) in [7, 11) is 0. The van der Waals surface area contributed by atoms with Crippen LogP contribution in [0.5, 0.6) is 0 Å². The summed E-state index contributed by atoms with van der Waals surface area (Å²) in [4.78, 5) is 28.8. The molecule has 0 aromatic carbocycles. The van der Waals surface area contributed by atoms with Gasteiger partial charge in [-0.05, 0) is 27.2 Å². The molecule has 0 aromatic heterocycles. The Bertz CT molecular complexity index is 423. The maximum absolute atomic E-state index is 9.60. The molecule has 0 amide bonds. The molecule has 0 aromatic rings. The van der Waals surface area contributed by atoms with Crippen molar-refractivity contribution in [3.05, 3.63) is 36.5 Å². The van der Waals surface area contributed by atoms with Gasteiger partial charge in [0.25, 0.3) is 0 Å². The molecule has 11 nitrogen and oxygen atoms in total. The van der Waals surface area contributed by atoms with Gasteiger partial charge in [0.1, 0.15) is 0 Å². The summed E-state index contributed by atoms with van der Waals surface area (Å²) in [5.41, 5.74) is -0.139. The number of carboxylic acid groups (broad SMARTS) is 3. The second-order valence-electron chi connectivity index (χ2n) is 6.03. The van der Waals surface area contributed by atoms with E-state index in [1.54, 1.807) is 0 Å². The molecule has 0 unspecified atom stereocenters. The van der Waals surface area contributed by atoms with Crippen LogP contribution in [0.15, 0.2) is 36.5 Å². The molecule has 0 saturated heterocycles. The van der Waals surface area contributed by atoms with Crippen molar-refractivity contribution in [2.24, 2.45) is 5.41 Å². The SMILES string of the molecule is C=C(C)C(=O)O.C=C(C)C(=O)O.C=C(C)C(=O)O.CCC(CO)(CO)CO.OCCO. The van der Waals surface area contributed by atoms with Crippen LogP contribution in [-0.2, 0) is 14.4 Å². The predicted octanol–water partition coefficient (Wildman–Crippen LogP) is 0.272. The van der Waals surface area contributed by atoms with E-state index in [0.29, 0.717) is 6.42 Å². The molecule has 0 aliphatic heterocycles. The van der Waals surface area contributed by atoms with Crippen LogP contribution in [0.1, 0.15) is 34.1 Å². The summed E-state index contributed by atoms with van der Waals surface area (Å²) >= 11 is 0. The zero-order chi connectivity index (χ0) is 26.2. The number of carbonyl (C=O) groups is 3. The number of hydrogen-bond donors (Lipinski definition) is 8. The van der Waals surface area contributed by atoms with Gasteiger partial charge in [-0.15, -0.1) is 0 Å². The fourth-order valence-corrected chi connectivity index (χ4v) is 0.485. The predicted molar refractivity (Wildman–Crippen MR) is 116 cm³/mol. The van der Waals surface area contributed by atoms with E-state index in [9.17, 15) is 14.4 Å². The zero-order valence-electron chi connectivity index (χ0n) is 18.7. The van der Waals surface area contributed by atoms with E-state index in [-0.39, 0.29) is 49.8 Å². The van der Waals surface area contributed by atoms with Gasteiger partial charge in [0, 0.05) is 22.1 Å². The summed E-state index contributed by atoms with van der Waals surface area (Å²) in [6, 6.07) is 0. The van der Waals surface area contributed by atoms with Gasteiger partial charge < -0.3 is 40.9 Å². The molecular weight excluding hydrogens is 416 g/mol. The molecule has 0 atom stereocenters. The number of aliphatic carboxylic acids is 3. The number of carboxylic acids is 3. The highest BCUT2D eigenvalue weighted by Crippen LogP contribution is 2.18. The Morgan fingerprint density at radius 3 is 0.774 bits per heavy atom. The normalized spacial score (nSPS) is 8.81. The third-order valence-corrected chi connectivity index (χ3v) is 2.95. The molecule has 0 radical (unpaired) electrons. The standard InChI is InChI=1S/C6H14O3.3C4H6O2.C2H6O2/c1-2-6(3-7,4-8)5-9;3*1-3(2)4(5)6;3-1-2-4/h7-9H,2-5H2,1H3;3*1H2,2H3,(H,5,6);3-4H,1-2H2. The van der Waals surface area contributed by atoms with Crippen molar-refractivity contribution in [3.63, 3.8) is 0 Å². The second-order valence-corrected chi connectivity index (χ2v) is 6.03. The largest absolute Gasteiger partial charge is 0.478 e. The van der Waals surface area contributed by atoms with Gasteiger partial charge in [-0.3, -0.25) is 0 Å². The van der Waals surface area contributed by atoms with Gasteiger partial charge in [0.2, 0.25) is 0 Å². The highest BCUT2D eigenvalue weighted by atomic mass is 16.4. The first kappa shape index (κ1) is 39.0. The summed E-state index contributed by atoms with van der Waals surface area (Å²) in [5.74, 6) is -2.81. The van der Waals surface area contributed by atoms with E-state index >= 15 is 0 Å². The van der Waals surface area contributed by atoms with E-state index in [0.717, 1.165) is 0 Å². The van der Waals surface area contributed by atoms with Crippen LogP contribution < -0.4 is 0 Å². The average Bonchev–Trinajstić information content (AvgIpc) is 2.71. The molecule has 0 aliphatic rings. The van der Waals surface area contributed by atoms with E-state index < -0.39 is 23.3 Å². The Balaban J connectivity index is -0.0000000931. The smallest absolute Gasteiger partial charge is 0.330 e. The lowest BCUT2D eigenvalue weighted by Gasteiger charge is -2.24. The number of aliphatic hydroxyl groups excluding tert-OH is 5. The lowest BCUT2D eigenvalue weighted by molar-refractivity contribution is -0.133. The average molecular weight is 455 g/mol. The zero-order valence-corrected chi connectivity index (χ0v) is 18.7. The van der Waals surface area contributed by atoms with Crippen LogP contribution in [0.25, 0.3) is 0 Å². The highest BCUT2D eigenvalue weighted by Gasteiger charge is 2.24. The van der Waals surface area contributed by atoms with Crippen LogP contribution >= 0.6 is 0 Å². The van der Waals surface area contributed by atoms with E-state index in [1.165, 1.54) is 20.8 Å². The Morgan fingerprint density at radius 1 is 0.613 bits per heavy atom. The molecule has 0 fully saturated rings. The fraction of sp³-hybridized carbons (Fsp3) is 0.550. The van der Waals surface area contributed by atoms with Crippen molar-refractivity contribution in [2.75, 3.05) is 33.0 Å². The number of rotatable bonds is 8. The van der Waals surface area contributed by atoms with Crippen LogP contribution in [0.4, 0.5) is 0 Å². The summed E-state index contributed by atoms with van der Waals surface area (Å²) in [5, 5.41) is 64.9. The molecule has 0 heterocycles. The minimum atomic E-state index is -0.935. The highest BCUT2D eigenvalue weighted by molar-refractivity contribution is 5.85. The lowest BCUT2D eigenvalue weighted by Crippen LogP contribution is -2.32. The number of hydrogen-bond acceptors (Lipinski definition) is 8. The first-order valence-corrected chi connectivity index (χ1v) is 8.80. The quantitative estimate of drug-likeness (QED) is 0.233. The van der Waals surface area contributed by atoms with Crippen LogP contribution in [0.3, 0.4) is 0 Å². The molecule has 184 valence electrons. The van der Waals surface area contributed by atoms with Crippen LogP contribution in [0.2, 0.25) is 0 Å². The van der Waals surface area contributed by atoms with Gasteiger partial charge in [-0.25, -0.2) is 14.4 Å². The molecule has 31 heavy (non-hydrogen) atoms. The van der Waals surface area contributed by atoms with Crippen molar-refractivity contribution < 1.29 is 55.2 Å². The Morgan fingerprint density at radius 2 is 0.774 bits per heavy atom. The molecule has 11 heteroatoms. The fourth-order valence-electron chi connectivity index (χ4n) is 0.485. The Labute approximate surface area is 182 Å². The third kappa shape index (κ3) is 35.3. The Kier molecular flexibility index (Phi) is 32.0. The van der Waals surface area contributed by atoms with E-state index in [1.807, 2.05) is 6.92 Å². The summed E-state index contributed by atoms with van der Waals surface area (Å²) in [6.45, 7) is 14.9. The van der Waals surface area contributed by atoms with Crippen LogP contribution in [-0.4, -0.2) is 91.8 Å². The molecule has 0 spiro atoms. The molecular formula is C20H38O11. The van der Waals surface area contributed by atoms with Crippen molar-refractivity contribution in [3.8, 4) is 0 Å². The Hall–Kier alpha value is -2.57. The molecule has 0 saturated carbocycles. The van der Waals surface area contributed by atoms with Gasteiger partial charge in [-0.2, -0.15) is 0 Å². The van der Waals surface area contributed by atoms with Crippen molar-refractivity contribution in [2.45, 2.75) is 34.1 Å². The number of aliphatic hydroxyl groups is 5. The maximum atomic E-state index is 9.60. The molecule has 0 bridgehead atoms. The first-order valence-electron chi connectivity index (χ1n) is 8.80. The summed E-state index contributed by atoms with van der Waals surface area (Å²) in [6.07, 6.45) is 0.594. The van der Waals surface area contributed by atoms with E-state index in [4.69, 9.17) is 40.9 Å².